The fraction of sp³-hybridized carbons (Fsp3) is 0.240. The van der Waals surface area contributed by atoms with Gasteiger partial charge in [-0.15, -0.1) is 11.3 Å². The number of aryl methyl sites for hydroxylation is 3. The Kier molecular flexibility index (Phi) is 6.81. The summed E-state index contributed by atoms with van der Waals surface area (Å²) in [7, 11) is 0. The molecular weight excluding hydrogens is 458 g/mol. The topological polar surface area (TPSA) is 75.3 Å². The minimum absolute atomic E-state index is 0.0512. The zero-order valence-corrected chi connectivity index (χ0v) is 20.2. The fourth-order valence-corrected chi connectivity index (χ4v) is 5.11. The third kappa shape index (κ3) is 5.10. The Morgan fingerprint density at radius 3 is 2.76 bits per heavy atom. The molecule has 4 rings (SSSR count). The molecule has 170 valence electrons. The van der Waals surface area contributed by atoms with Crippen LogP contribution in [0.3, 0.4) is 0 Å². The number of hydrogen-bond donors (Lipinski definition) is 1. The molecule has 0 saturated carbocycles. The Labute approximate surface area is 201 Å². The van der Waals surface area contributed by atoms with Gasteiger partial charge in [0.15, 0.2) is 5.13 Å². The van der Waals surface area contributed by atoms with Gasteiger partial charge < -0.3 is 9.72 Å². The van der Waals surface area contributed by atoms with Gasteiger partial charge in [-0.1, -0.05) is 35.9 Å². The van der Waals surface area contributed by atoms with Crippen LogP contribution < -0.4 is 4.90 Å². The normalized spacial score (nSPS) is 11.0. The first kappa shape index (κ1) is 23.0. The van der Waals surface area contributed by atoms with Crippen molar-refractivity contribution in [2.45, 2.75) is 40.2 Å². The van der Waals surface area contributed by atoms with E-state index < -0.39 is 0 Å². The van der Waals surface area contributed by atoms with E-state index in [-0.39, 0.29) is 24.9 Å². The molecule has 6 nitrogen and oxygen atoms in total. The van der Waals surface area contributed by atoms with Crippen molar-refractivity contribution >= 4 is 56.5 Å². The molecule has 33 heavy (non-hydrogen) atoms. The number of carbonyl (C=O) groups is 2. The second-order valence-corrected chi connectivity index (χ2v) is 9.15. The Morgan fingerprint density at radius 1 is 1.21 bits per heavy atom. The van der Waals surface area contributed by atoms with E-state index in [2.05, 4.69) is 9.97 Å². The van der Waals surface area contributed by atoms with Crippen molar-refractivity contribution in [2.24, 2.45) is 0 Å². The monoisotopic (exact) mass is 481 g/mol. The van der Waals surface area contributed by atoms with Gasteiger partial charge >= 0.3 is 5.97 Å². The molecule has 8 heteroatoms. The molecule has 0 aliphatic heterocycles. The second-order valence-electron chi connectivity index (χ2n) is 7.91. The second kappa shape index (κ2) is 9.77. The van der Waals surface area contributed by atoms with Crippen LogP contribution in [-0.4, -0.2) is 21.8 Å². The summed E-state index contributed by atoms with van der Waals surface area (Å²) < 4.78 is 5.43. The average molecular weight is 482 g/mol. The molecule has 0 unspecified atom stereocenters. The van der Waals surface area contributed by atoms with Gasteiger partial charge in [-0.3, -0.25) is 14.5 Å². The lowest BCUT2D eigenvalue weighted by Crippen LogP contribution is -2.24. The van der Waals surface area contributed by atoms with Crippen LogP contribution in [-0.2, 0) is 27.4 Å². The lowest BCUT2D eigenvalue weighted by molar-refractivity contribution is -0.145. The number of nitrogens with zero attached hydrogens (tertiary/aromatic N) is 2. The van der Waals surface area contributed by atoms with Gasteiger partial charge in [0, 0.05) is 35.8 Å². The Hall–Kier alpha value is -3.16. The average Bonchev–Trinajstić information content (AvgIpc) is 3.40. The van der Waals surface area contributed by atoms with E-state index in [0.717, 1.165) is 27.6 Å². The molecule has 1 amide bonds. The molecule has 0 atom stereocenters. The largest absolute Gasteiger partial charge is 0.459 e. The SMILES string of the molecule is CC(=O)N(c1nc(COC(=O)CCc2c[nH]c3ccccc23)cs1)c1c(C)cc(C)cc1Cl. The highest BCUT2D eigenvalue weighted by molar-refractivity contribution is 7.14. The molecular formula is C25H24ClN3O3S. The molecule has 2 heterocycles. The summed E-state index contributed by atoms with van der Waals surface area (Å²) in [5.74, 6) is -0.490. The van der Waals surface area contributed by atoms with Crippen LogP contribution in [0.4, 0.5) is 10.8 Å². The van der Waals surface area contributed by atoms with Gasteiger partial charge in [0.1, 0.15) is 6.61 Å². The number of para-hydroxylation sites is 1. The number of halogens is 1. The predicted octanol–water partition coefficient (Wildman–Crippen LogP) is 6.26. The molecule has 2 aromatic carbocycles. The third-order valence-electron chi connectivity index (χ3n) is 5.32. The first-order valence-electron chi connectivity index (χ1n) is 10.6. The van der Waals surface area contributed by atoms with Crippen LogP contribution in [0, 0.1) is 13.8 Å². The molecule has 0 aliphatic carbocycles. The highest BCUT2D eigenvalue weighted by Gasteiger charge is 2.23. The Morgan fingerprint density at radius 2 is 2.00 bits per heavy atom. The summed E-state index contributed by atoms with van der Waals surface area (Å²) in [5, 5.41) is 3.88. The molecule has 4 aromatic rings. The van der Waals surface area contributed by atoms with Gasteiger partial charge in [0.25, 0.3) is 0 Å². The van der Waals surface area contributed by atoms with Crippen LogP contribution in [0.5, 0.6) is 0 Å². The zero-order valence-electron chi connectivity index (χ0n) is 18.6. The number of thiazole rings is 1. The standard InChI is InChI=1S/C25H24ClN3O3S/c1-15-10-16(2)24(21(26)11-15)29(17(3)30)25-28-19(14-33-25)13-32-23(31)9-8-18-12-27-22-7-5-4-6-20(18)22/h4-7,10-12,14,27H,8-9,13H2,1-3H3. The molecule has 0 spiro atoms. The number of benzene rings is 2. The Bertz CT molecular complexity index is 1300. The fourth-order valence-electron chi connectivity index (χ4n) is 3.85. The lowest BCUT2D eigenvalue weighted by atomic mass is 10.1. The molecule has 2 aromatic heterocycles. The quantitative estimate of drug-likeness (QED) is 0.316. The van der Waals surface area contributed by atoms with Gasteiger partial charge in [-0.2, -0.15) is 0 Å². The summed E-state index contributed by atoms with van der Waals surface area (Å²) in [6, 6.07) is 11.8. The van der Waals surface area contributed by atoms with Crippen LogP contribution >= 0.6 is 22.9 Å². The summed E-state index contributed by atoms with van der Waals surface area (Å²) in [4.78, 5) is 34.0. The maximum Gasteiger partial charge on any atom is 0.306 e. The number of aromatic amines is 1. The van der Waals surface area contributed by atoms with E-state index in [0.29, 0.717) is 28.0 Å². The molecule has 0 aliphatic rings. The minimum Gasteiger partial charge on any atom is -0.459 e. The predicted molar refractivity (Wildman–Crippen MR) is 132 cm³/mol. The molecule has 0 fully saturated rings. The maximum atomic E-state index is 12.4. The van der Waals surface area contributed by atoms with Crippen molar-refractivity contribution < 1.29 is 14.3 Å². The number of rotatable bonds is 7. The van der Waals surface area contributed by atoms with Crippen molar-refractivity contribution in [3.05, 3.63) is 75.4 Å². The number of H-pyrrole nitrogens is 1. The van der Waals surface area contributed by atoms with E-state index in [1.165, 1.54) is 23.2 Å². The first-order chi connectivity index (χ1) is 15.8. The lowest BCUT2D eigenvalue weighted by Gasteiger charge is -2.22. The number of fused-ring (bicyclic) bond motifs is 1. The van der Waals surface area contributed by atoms with E-state index >= 15 is 0 Å². The van der Waals surface area contributed by atoms with Crippen molar-refractivity contribution in [3.63, 3.8) is 0 Å². The number of esters is 1. The van der Waals surface area contributed by atoms with Crippen LogP contribution in [0.2, 0.25) is 5.02 Å². The third-order valence-corrected chi connectivity index (χ3v) is 6.48. The van der Waals surface area contributed by atoms with Gasteiger partial charge in [0.05, 0.1) is 16.4 Å². The molecule has 1 N–H and O–H groups in total. The van der Waals surface area contributed by atoms with E-state index in [1.807, 2.05) is 56.4 Å². The van der Waals surface area contributed by atoms with Gasteiger partial charge in [-0.05, 0) is 49.1 Å². The Balaban J connectivity index is 1.40. The van der Waals surface area contributed by atoms with Crippen molar-refractivity contribution in [1.82, 2.24) is 9.97 Å². The smallest absolute Gasteiger partial charge is 0.306 e. The van der Waals surface area contributed by atoms with Gasteiger partial charge in [0.2, 0.25) is 5.91 Å². The number of ether oxygens (including phenoxy) is 1. The van der Waals surface area contributed by atoms with Crippen molar-refractivity contribution in [1.29, 1.82) is 0 Å². The van der Waals surface area contributed by atoms with Crippen LogP contribution in [0.25, 0.3) is 10.9 Å². The van der Waals surface area contributed by atoms with Crippen LogP contribution in [0.1, 0.15) is 35.7 Å². The molecule has 0 radical (unpaired) electrons. The van der Waals surface area contributed by atoms with E-state index in [4.69, 9.17) is 16.3 Å². The number of amides is 1. The van der Waals surface area contributed by atoms with Crippen molar-refractivity contribution in [2.75, 3.05) is 4.90 Å². The zero-order chi connectivity index (χ0) is 23.5. The maximum absolute atomic E-state index is 12.4. The number of nitrogens with one attached hydrogen (secondary N) is 1. The summed E-state index contributed by atoms with van der Waals surface area (Å²) in [5.41, 5.74) is 5.24. The molecule has 0 bridgehead atoms. The van der Waals surface area contributed by atoms with Gasteiger partial charge in [-0.25, -0.2) is 4.98 Å². The summed E-state index contributed by atoms with van der Waals surface area (Å²) in [6.45, 7) is 5.39. The van der Waals surface area contributed by atoms with Crippen LogP contribution in [0.15, 0.2) is 48.0 Å². The highest BCUT2D eigenvalue weighted by Crippen LogP contribution is 2.37. The number of hydrogen-bond acceptors (Lipinski definition) is 5. The first-order valence-corrected chi connectivity index (χ1v) is 11.8. The van der Waals surface area contributed by atoms with E-state index in [1.54, 1.807) is 5.38 Å². The minimum atomic E-state index is -0.296. The summed E-state index contributed by atoms with van der Waals surface area (Å²) in [6.07, 6.45) is 2.80. The van der Waals surface area contributed by atoms with E-state index in [9.17, 15) is 9.59 Å². The highest BCUT2D eigenvalue weighted by atomic mass is 35.5. The summed E-state index contributed by atoms with van der Waals surface area (Å²) >= 11 is 7.76. The van der Waals surface area contributed by atoms with Crippen molar-refractivity contribution in [3.8, 4) is 0 Å². The number of carbonyl (C=O) groups excluding carboxylic acids is 2. The molecule has 0 saturated heterocycles. The number of anilines is 2. The number of aromatic nitrogens is 2.